The Morgan fingerprint density at radius 2 is 1.70 bits per heavy atom. The molecule has 2 N–H and O–H groups in total. The molecule has 164 valence electrons. The van der Waals surface area contributed by atoms with E-state index in [1.54, 1.807) is 13.8 Å². The lowest BCUT2D eigenvalue weighted by Gasteiger charge is -2.19. The SMILES string of the molecule is CCN(CC)S(=O)(=O)c1ccc(OC)c(NC(=O)CNc2ccc(F)c(F)c2F)c1. The Bertz CT molecular complexity index is 1030. The maximum Gasteiger partial charge on any atom is 0.243 e. The van der Waals surface area contributed by atoms with Crippen LogP contribution >= 0.6 is 0 Å². The molecule has 0 aliphatic heterocycles. The summed E-state index contributed by atoms with van der Waals surface area (Å²) in [7, 11) is -2.42. The van der Waals surface area contributed by atoms with E-state index in [1.807, 2.05) is 0 Å². The number of benzene rings is 2. The first-order valence-electron chi connectivity index (χ1n) is 9.01. The van der Waals surface area contributed by atoms with Crippen LogP contribution in [0.25, 0.3) is 0 Å². The highest BCUT2D eigenvalue weighted by atomic mass is 32.2. The Labute approximate surface area is 172 Å². The topological polar surface area (TPSA) is 87.7 Å². The van der Waals surface area contributed by atoms with E-state index in [1.165, 1.54) is 29.6 Å². The van der Waals surface area contributed by atoms with Crippen LogP contribution in [-0.4, -0.2) is 45.4 Å². The van der Waals surface area contributed by atoms with Crippen molar-refractivity contribution in [1.29, 1.82) is 0 Å². The van der Waals surface area contributed by atoms with Gasteiger partial charge in [-0.05, 0) is 30.3 Å². The zero-order valence-electron chi connectivity index (χ0n) is 16.6. The van der Waals surface area contributed by atoms with Gasteiger partial charge in [-0.2, -0.15) is 4.31 Å². The molecule has 0 bridgehead atoms. The lowest BCUT2D eigenvalue weighted by molar-refractivity contribution is -0.114. The average Bonchev–Trinajstić information content (AvgIpc) is 2.72. The number of halogens is 3. The van der Waals surface area contributed by atoms with Gasteiger partial charge in [0.2, 0.25) is 15.9 Å². The van der Waals surface area contributed by atoms with Gasteiger partial charge in [0.1, 0.15) is 5.75 Å². The van der Waals surface area contributed by atoms with Gasteiger partial charge in [0.05, 0.1) is 29.9 Å². The molecule has 0 heterocycles. The second-order valence-electron chi connectivity index (χ2n) is 6.08. The second kappa shape index (κ2) is 9.81. The first kappa shape index (κ1) is 23.5. The van der Waals surface area contributed by atoms with Crippen LogP contribution < -0.4 is 15.4 Å². The smallest absolute Gasteiger partial charge is 0.243 e. The predicted octanol–water partition coefficient (Wildman–Crippen LogP) is 3.19. The van der Waals surface area contributed by atoms with Crippen molar-refractivity contribution in [3.8, 4) is 5.75 Å². The summed E-state index contributed by atoms with van der Waals surface area (Å²) in [5.41, 5.74) is -0.308. The van der Waals surface area contributed by atoms with E-state index in [4.69, 9.17) is 4.74 Å². The normalized spacial score (nSPS) is 11.4. The fourth-order valence-corrected chi connectivity index (χ4v) is 4.17. The van der Waals surface area contributed by atoms with Crippen LogP contribution in [0.3, 0.4) is 0 Å². The van der Waals surface area contributed by atoms with Crippen LogP contribution in [0.2, 0.25) is 0 Å². The van der Waals surface area contributed by atoms with E-state index in [0.717, 1.165) is 12.1 Å². The largest absolute Gasteiger partial charge is 0.495 e. The monoisotopic (exact) mass is 445 g/mol. The van der Waals surface area contributed by atoms with Crippen molar-refractivity contribution in [1.82, 2.24) is 4.31 Å². The van der Waals surface area contributed by atoms with Gasteiger partial charge in [-0.3, -0.25) is 4.79 Å². The molecule has 0 saturated carbocycles. The predicted molar refractivity (Wildman–Crippen MR) is 107 cm³/mol. The maximum absolute atomic E-state index is 13.7. The first-order valence-corrected chi connectivity index (χ1v) is 10.4. The molecule has 0 unspecified atom stereocenters. The van der Waals surface area contributed by atoms with E-state index in [2.05, 4.69) is 10.6 Å². The molecule has 30 heavy (non-hydrogen) atoms. The zero-order valence-corrected chi connectivity index (χ0v) is 17.4. The molecule has 0 spiro atoms. The number of methoxy groups -OCH3 is 1. The van der Waals surface area contributed by atoms with E-state index >= 15 is 0 Å². The van der Waals surface area contributed by atoms with Crippen molar-refractivity contribution in [2.45, 2.75) is 18.7 Å². The number of nitrogens with zero attached hydrogens (tertiary/aromatic N) is 1. The summed E-state index contributed by atoms with van der Waals surface area (Å²) in [4.78, 5) is 12.2. The molecule has 2 aromatic carbocycles. The van der Waals surface area contributed by atoms with Crippen molar-refractivity contribution >= 4 is 27.3 Å². The molecule has 0 radical (unpaired) electrons. The third kappa shape index (κ3) is 5.03. The van der Waals surface area contributed by atoms with Gasteiger partial charge in [0.25, 0.3) is 0 Å². The molecular weight excluding hydrogens is 423 g/mol. The molecule has 0 aromatic heterocycles. The third-order valence-electron chi connectivity index (χ3n) is 4.26. The van der Waals surface area contributed by atoms with E-state index in [-0.39, 0.29) is 29.4 Å². The van der Waals surface area contributed by atoms with E-state index in [9.17, 15) is 26.4 Å². The van der Waals surface area contributed by atoms with Crippen molar-refractivity contribution < 1.29 is 31.1 Å². The van der Waals surface area contributed by atoms with Gasteiger partial charge in [-0.1, -0.05) is 13.8 Å². The summed E-state index contributed by atoms with van der Waals surface area (Å²) in [5.74, 6) is -4.93. The van der Waals surface area contributed by atoms with Crippen LogP contribution in [0.1, 0.15) is 13.8 Å². The Kier molecular flexibility index (Phi) is 7.68. The summed E-state index contributed by atoms with van der Waals surface area (Å²) in [6, 6.07) is 5.69. The highest BCUT2D eigenvalue weighted by Gasteiger charge is 2.23. The molecule has 2 rings (SSSR count). The number of hydrogen-bond donors (Lipinski definition) is 2. The number of nitrogens with one attached hydrogen (secondary N) is 2. The standard InChI is InChI=1S/C19H22F3N3O4S/c1-4-25(5-2)30(27,28)12-6-9-16(29-3)15(10-12)24-17(26)11-23-14-8-7-13(20)18(21)19(14)22/h6-10,23H,4-5,11H2,1-3H3,(H,24,26). The van der Waals surface area contributed by atoms with Gasteiger partial charge in [0.15, 0.2) is 17.5 Å². The van der Waals surface area contributed by atoms with Gasteiger partial charge >= 0.3 is 0 Å². The minimum atomic E-state index is -3.77. The highest BCUT2D eigenvalue weighted by Crippen LogP contribution is 2.29. The minimum absolute atomic E-state index is 0.0399. The molecule has 11 heteroatoms. The molecule has 0 aliphatic carbocycles. The molecular formula is C19H22F3N3O4S. The first-order chi connectivity index (χ1) is 14.1. The molecule has 0 aliphatic rings. The summed E-state index contributed by atoms with van der Waals surface area (Å²) >= 11 is 0. The number of amides is 1. The highest BCUT2D eigenvalue weighted by molar-refractivity contribution is 7.89. The number of ether oxygens (including phenoxy) is 1. The third-order valence-corrected chi connectivity index (χ3v) is 6.31. The van der Waals surface area contributed by atoms with Crippen LogP contribution in [0.4, 0.5) is 24.5 Å². The van der Waals surface area contributed by atoms with Crippen molar-refractivity contribution in [2.75, 3.05) is 37.4 Å². The zero-order chi connectivity index (χ0) is 22.5. The number of rotatable bonds is 9. The van der Waals surface area contributed by atoms with Crippen molar-refractivity contribution in [3.63, 3.8) is 0 Å². The summed E-state index contributed by atoms with van der Waals surface area (Å²) in [6.07, 6.45) is 0. The quantitative estimate of drug-likeness (QED) is 0.579. The Morgan fingerprint density at radius 3 is 2.30 bits per heavy atom. The van der Waals surface area contributed by atoms with E-state index in [0.29, 0.717) is 0 Å². The van der Waals surface area contributed by atoms with Gasteiger partial charge in [-0.25, -0.2) is 21.6 Å². The van der Waals surface area contributed by atoms with Crippen LogP contribution in [0.5, 0.6) is 5.75 Å². The Hall–Kier alpha value is -2.79. The minimum Gasteiger partial charge on any atom is -0.495 e. The summed E-state index contributed by atoms with van der Waals surface area (Å²) in [5, 5.41) is 4.82. The molecule has 7 nitrogen and oxygen atoms in total. The lowest BCUT2D eigenvalue weighted by Crippen LogP contribution is -2.30. The fraction of sp³-hybridized carbons (Fsp3) is 0.316. The second-order valence-corrected chi connectivity index (χ2v) is 8.01. The number of anilines is 2. The van der Waals surface area contributed by atoms with Gasteiger partial charge < -0.3 is 15.4 Å². The number of carbonyl (C=O) groups is 1. The molecule has 2 aromatic rings. The lowest BCUT2D eigenvalue weighted by atomic mass is 10.2. The van der Waals surface area contributed by atoms with Gasteiger partial charge in [-0.15, -0.1) is 0 Å². The molecule has 0 fully saturated rings. The van der Waals surface area contributed by atoms with Crippen molar-refractivity contribution in [2.24, 2.45) is 0 Å². The van der Waals surface area contributed by atoms with Gasteiger partial charge in [0, 0.05) is 13.1 Å². The fourth-order valence-electron chi connectivity index (χ4n) is 2.69. The van der Waals surface area contributed by atoms with E-state index < -0.39 is 45.6 Å². The molecule has 0 saturated heterocycles. The van der Waals surface area contributed by atoms with Crippen LogP contribution in [0, 0.1) is 17.5 Å². The number of sulfonamides is 1. The average molecular weight is 445 g/mol. The van der Waals surface area contributed by atoms with Crippen molar-refractivity contribution in [3.05, 3.63) is 47.8 Å². The Morgan fingerprint density at radius 1 is 1.03 bits per heavy atom. The Balaban J connectivity index is 2.21. The summed E-state index contributed by atoms with van der Waals surface area (Å²) < 4.78 is 71.7. The molecule has 0 atom stereocenters. The van der Waals surface area contributed by atoms with Crippen LogP contribution in [0.15, 0.2) is 35.2 Å². The molecule has 1 amide bonds. The maximum atomic E-state index is 13.7. The summed E-state index contributed by atoms with van der Waals surface area (Å²) in [6.45, 7) is 3.47. The number of hydrogen-bond acceptors (Lipinski definition) is 5. The number of carbonyl (C=O) groups excluding carboxylic acids is 1. The van der Waals surface area contributed by atoms with Crippen LogP contribution in [-0.2, 0) is 14.8 Å².